The predicted octanol–water partition coefficient (Wildman–Crippen LogP) is 4.05. The van der Waals surface area contributed by atoms with Gasteiger partial charge in [0.15, 0.2) is 12.3 Å². The van der Waals surface area contributed by atoms with Crippen molar-refractivity contribution in [2.24, 2.45) is 11.8 Å². The smallest absolute Gasteiger partial charge is 0.358 e. The van der Waals surface area contributed by atoms with Gasteiger partial charge < -0.3 is 10.1 Å². The molecule has 1 aromatic heterocycles. The van der Waals surface area contributed by atoms with E-state index >= 15 is 0 Å². The molecule has 1 saturated carbocycles. The maximum absolute atomic E-state index is 13.0. The molecule has 0 saturated heterocycles. The van der Waals surface area contributed by atoms with Crippen molar-refractivity contribution in [2.45, 2.75) is 39.2 Å². The van der Waals surface area contributed by atoms with E-state index in [9.17, 15) is 14.0 Å². The Morgan fingerprint density at radius 3 is 2.74 bits per heavy atom. The SMILES string of the molecule is C[C@@H]1[C@H](C)CCC[C@H]1NC(=O)COC(=O)c1csc(-c2ccc(F)cc2)n1. The van der Waals surface area contributed by atoms with Crippen LogP contribution in [0.25, 0.3) is 10.6 Å². The summed E-state index contributed by atoms with van der Waals surface area (Å²) in [5.41, 5.74) is 0.866. The van der Waals surface area contributed by atoms with E-state index in [1.807, 2.05) is 0 Å². The Morgan fingerprint density at radius 1 is 1.26 bits per heavy atom. The summed E-state index contributed by atoms with van der Waals surface area (Å²) in [6.45, 7) is 4.02. The largest absolute Gasteiger partial charge is 0.451 e. The van der Waals surface area contributed by atoms with Crippen LogP contribution in [0.3, 0.4) is 0 Å². The molecule has 1 fully saturated rings. The molecule has 1 aliphatic rings. The molecule has 27 heavy (non-hydrogen) atoms. The third-order valence-corrected chi connectivity index (χ3v) is 6.08. The van der Waals surface area contributed by atoms with Crippen LogP contribution in [-0.2, 0) is 9.53 Å². The maximum atomic E-state index is 13.0. The van der Waals surface area contributed by atoms with E-state index in [4.69, 9.17) is 4.74 Å². The number of thiazole rings is 1. The summed E-state index contributed by atoms with van der Waals surface area (Å²) < 4.78 is 18.1. The highest BCUT2D eigenvalue weighted by molar-refractivity contribution is 7.13. The van der Waals surface area contributed by atoms with E-state index in [2.05, 4.69) is 24.1 Å². The summed E-state index contributed by atoms with van der Waals surface area (Å²) in [7, 11) is 0. The number of aromatic nitrogens is 1. The van der Waals surface area contributed by atoms with Gasteiger partial charge in [-0.25, -0.2) is 14.2 Å². The molecule has 3 rings (SSSR count). The van der Waals surface area contributed by atoms with Gasteiger partial charge in [0.05, 0.1) is 0 Å². The second kappa shape index (κ2) is 8.61. The number of ether oxygens (including phenoxy) is 1. The predicted molar refractivity (Wildman–Crippen MR) is 102 cm³/mol. The van der Waals surface area contributed by atoms with Crippen molar-refractivity contribution >= 4 is 23.2 Å². The first-order valence-corrected chi connectivity index (χ1v) is 10.00. The van der Waals surface area contributed by atoms with E-state index in [0.717, 1.165) is 18.4 Å². The van der Waals surface area contributed by atoms with E-state index in [1.165, 1.54) is 29.9 Å². The Labute approximate surface area is 162 Å². The zero-order valence-corrected chi connectivity index (χ0v) is 16.2. The van der Waals surface area contributed by atoms with Crippen molar-refractivity contribution in [1.29, 1.82) is 0 Å². The van der Waals surface area contributed by atoms with Crippen LogP contribution in [0.1, 0.15) is 43.6 Å². The van der Waals surface area contributed by atoms with Gasteiger partial charge in [0, 0.05) is 17.0 Å². The molecule has 2 aromatic rings. The summed E-state index contributed by atoms with van der Waals surface area (Å²) in [6, 6.07) is 6.01. The average molecular weight is 390 g/mol. The van der Waals surface area contributed by atoms with Crippen LogP contribution in [0.2, 0.25) is 0 Å². The van der Waals surface area contributed by atoms with E-state index in [-0.39, 0.29) is 30.1 Å². The molecule has 0 bridgehead atoms. The van der Waals surface area contributed by atoms with Crippen LogP contribution >= 0.6 is 11.3 Å². The maximum Gasteiger partial charge on any atom is 0.358 e. The number of nitrogens with zero attached hydrogens (tertiary/aromatic N) is 1. The van der Waals surface area contributed by atoms with Crippen LogP contribution in [0, 0.1) is 17.7 Å². The number of amides is 1. The molecule has 1 aliphatic carbocycles. The number of esters is 1. The molecule has 0 radical (unpaired) electrons. The highest BCUT2D eigenvalue weighted by Crippen LogP contribution is 2.29. The lowest BCUT2D eigenvalue weighted by atomic mass is 9.78. The third-order valence-electron chi connectivity index (χ3n) is 5.19. The Morgan fingerprint density at radius 2 is 2.00 bits per heavy atom. The van der Waals surface area contributed by atoms with Crippen LogP contribution in [0.15, 0.2) is 29.6 Å². The first kappa shape index (κ1) is 19.5. The van der Waals surface area contributed by atoms with Gasteiger partial charge in [-0.05, 0) is 42.5 Å². The number of nitrogens with one attached hydrogen (secondary N) is 1. The average Bonchev–Trinajstić information content (AvgIpc) is 3.14. The lowest BCUT2D eigenvalue weighted by Crippen LogP contribution is -2.45. The van der Waals surface area contributed by atoms with Gasteiger partial charge in [-0.1, -0.05) is 26.7 Å². The van der Waals surface area contributed by atoms with E-state index in [1.54, 1.807) is 17.5 Å². The van der Waals surface area contributed by atoms with Gasteiger partial charge in [0.1, 0.15) is 10.8 Å². The van der Waals surface area contributed by atoms with Crippen molar-refractivity contribution in [3.05, 3.63) is 41.2 Å². The van der Waals surface area contributed by atoms with Gasteiger partial charge >= 0.3 is 5.97 Å². The highest BCUT2D eigenvalue weighted by atomic mass is 32.1. The minimum atomic E-state index is -0.639. The zero-order chi connectivity index (χ0) is 19.4. The third kappa shape index (κ3) is 4.91. The number of benzene rings is 1. The summed E-state index contributed by atoms with van der Waals surface area (Å²) in [5, 5.41) is 5.14. The summed E-state index contributed by atoms with van der Waals surface area (Å²) in [5.74, 6) is -0.271. The molecule has 144 valence electrons. The summed E-state index contributed by atoms with van der Waals surface area (Å²) in [6.07, 6.45) is 3.24. The van der Waals surface area contributed by atoms with Crippen molar-refractivity contribution in [2.75, 3.05) is 6.61 Å². The van der Waals surface area contributed by atoms with Crippen LogP contribution < -0.4 is 5.32 Å². The number of rotatable bonds is 5. The van der Waals surface area contributed by atoms with E-state index < -0.39 is 5.97 Å². The first-order chi connectivity index (χ1) is 12.9. The Bertz CT molecular complexity index is 806. The van der Waals surface area contributed by atoms with Gasteiger partial charge in [0.25, 0.3) is 5.91 Å². The first-order valence-electron chi connectivity index (χ1n) is 9.12. The molecule has 0 aliphatic heterocycles. The van der Waals surface area contributed by atoms with Crippen molar-refractivity contribution in [3.8, 4) is 10.6 Å². The molecule has 1 aromatic carbocycles. The lowest BCUT2D eigenvalue weighted by Gasteiger charge is -2.34. The molecule has 1 amide bonds. The Kier molecular flexibility index (Phi) is 6.21. The number of carbonyl (C=O) groups is 2. The van der Waals surface area contributed by atoms with Gasteiger partial charge in [-0.2, -0.15) is 0 Å². The standard InChI is InChI=1S/C20H23FN2O3S/c1-12-4-3-5-16(13(12)2)22-18(24)10-26-20(25)17-11-27-19(23-17)14-6-8-15(21)9-7-14/h6-9,11-13,16H,3-5,10H2,1-2H3,(H,22,24)/t12-,13-,16-/m1/s1. The molecule has 3 atom stereocenters. The fraction of sp³-hybridized carbons (Fsp3) is 0.450. The van der Waals surface area contributed by atoms with Crippen molar-refractivity contribution in [1.82, 2.24) is 10.3 Å². The molecule has 0 unspecified atom stereocenters. The number of hydrogen-bond donors (Lipinski definition) is 1. The number of hydrogen-bond acceptors (Lipinski definition) is 5. The number of halogens is 1. The monoisotopic (exact) mass is 390 g/mol. The van der Waals surface area contributed by atoms with Crippen LogP contribution in [0.5, 0.6) is 0 Å². The van der Waals surface area contributed by atoms with Crippen molar-refractivity contribution < 1.29 is 18.7 Å². The fourth-order valence-corrected chi connectivity index (χ4v) is 4.13. The molecule has 7 heteroatoms. The molecule has 1 N–H and O–H groups in total. The second-order valence-corrected chi connectivity index (χ2v) is 7.92. The number of carbonyl (C=O) groups excluding carboxylic acids is 2. The topological polar surface area (TPSA) is 68.3 Å². The molecule has 1 heterocycles. The second-order valence-electron chi connectivity index (χ2n) is 7.06. The highest BCUT2D eigenvalue weighted by Gasteiger charge is 2.28. The van der Waals surface area contributed by atoms with Crippen LogP contribution in [0.4, 0.5) is 4.39 Å². The van der Waals surface area contributed by atoms with Crippen LogP contribution in [-0.4, -0.2) is 29.5 Å². The molecular formula is C20H23FN2O3S. The fourth-order valence-electron chi connectivity index (χ4n) is 3.33. The van der Waals surface area contributed by atoms with Gasteiger partial charge in [-0.3, -0.25) is 4.79 Å². The Hall–Kier alpha value is -2.28. The van der Waals surface area contributed by atoms with Gasteiger partial charge in [-0.15, -0.1) is 11.3 Å². The molecule has 0 spiro atoms. The molecule has 5 nitrogen and oxygen atoms in total. The lowest BCUT2D eigenvalue weighted by molar-refractivity contribution is -0.125. The van der Waals surface area contributed by atoms with Crippen molar-refractivity contribution in [3.63, 3.8) is 0 Å². The van der Waals surface area contributed by atoms with E-state index in [0.29, 0.717) is 16.8 Å². The minimum Gasteiger partial charge on any atom is -0.451 e. The molecular weight excluding hydrogens is 367 g/mol. The Balaban J connectivity index is 1.52. The summed E-state index contributed by atoms with van der Waals surface area (Å²) >= 11 is 1.27. The van der Waals surface area contributed by atoms with Gasteiger partial charge in [0.2, 0.25) is 0 Å². The minimum absolute atomic E-state index is 0.129. The zero-order valence-electron chi connectivity index (χ0n) is 15.4. The summed E-state index contributed by atoms with van der Waals surface area (Å²) in [4.78, 5) is 28.5. The normalized spacial score (nSPS) is 22.3. The quantitative estimate of drug-likeness (QED) is 0.782.